The molecule has 0 bridgehead atoms. The summed E-state index contributed by atoms with van der Waals surface area (Å²) in [5, 5.41) is 8.18. The fourth-order valence-electron chi connectivity index (χ4n) is 0.845. The number of amides is 1. The predicted molar refractivity (Wildman–Crippen MR) is 53.1 cm³/mol. The summed E-state index contributed by atoms with van der Waals surface area (Å²) in [7, 11) is 0. The van der Waals surface area contributed by atoms with Crippen molar-refractivity contribution in [1.29, 1.82) is 0 Å². The Bertz CT molecular complexity index is 379. The van der Waals surface area contributed by atoms with E-state index >= 15 is 0 Å². The average Bonchev–Trinajstić information content (AvgIpc) is 2.19. The molecule has 1 rings (SSSR count). The molecular formula is C9H7BrFNO2. The van der Waals surface area contributed by atoms with E-state index in [4.69, 9.17) is 5.21 Å². The summed E-state index contributed by atoms with van der Waals surface area (Å²) >= 11 is 3.17. The van der Waals surface area contributed by atoms with Crippen molar-refractivity contribution < 1.29 is 14.4 Å². The van der Waals surface area contributed by atoms with Gasteiger partial charge in [0.15, 0.2) is 0 Å². The molecule has 0 radical (unpaired) electrons. The molecule has 14 heavy (non-hydrogen) atoms. The Labute approximate surface area is 88.3 Å². The van der Waals surface area contributed by atoms with Gasteiger partial charge in [-0.1, -0.05) is 15.9 Å². The Kier molecular flexibility index (Phi) is 3.79. The quantitative estimate of drug-likeness (QED) is 0.486. The first kappa shape index (κ1) is 10.9. The topological polar surface area (TPSA) is 49.3 Å². The van der Waals surface area contributed by atoms with Gasteiger partial charge in [0.1, 0.15) is 5.82 Å². The van der Waals surface area contributed by atoms with E-state index in [0.717, 1.165) is 6.08 Å². The molecule has 1 aromatic carbocycles. The number of hydrogen-bond acceptors (Lipinski definition) is 2. The first-order chi connectivity index (χ1) is 6.63. The molecule has 1 aromatic rings. The minimum absolute atomic E-state index is 0.267. The van der Waals surface area contributed by atoms with Crippen molar-refractivity contribution in [3.05, 3.63) is 40.1 Å². The number of hydrogen-bond donors (Lipinski definition) is 2. The van der Waals surface area contributed by atoms with Crippen LogP contribution in [-0.4, -0.2) is 11.1 Å². The zero-order valence-corrected chi connectivity index (χ0v) is 8.58. The largest absolute Gasteiger partial charge is 0.288 e. The van der Waals surface area contributed by atoms with Crippen LogP contribution in [0.1, 0.15) is 5.56 Å². The zero-order valence-electron chi connectivity index (χ0n) is 7.00. The summed E-state index contributed by atoms with van der Waals surface area (Å²) in [5.74, 6) is -1.14. The van der Waals surface area contributed by atoms with Gasteiger partial charge >= 0.3 is 0 Å². The molecule has 0 aliphatic heterocycles. The summed E-state index contributed by atoms with van der Waals surface area (Å²) < 4.78 is 13.8. The predicted octanol–water partition coefficient (Wildman–Crippen LogP) is 2.11. The van der Waals surface area contributed by atoms with Gasteiger partial charge in [-0.2, -0.15) is 0 Å². The lowest BCUT2D eigenvalue weighted by atomic mass is 10.2. The second-order valence-corrected chi connectivity index (χ2v) is 3.39. The first-order valence-electron chi connectivity index (χ1n) is 3.70. The zero-order chi connectivity index (χ0) is 10.6. The molecule has 74 valence electrons. The van der Waals surface area contributed by atoms with Crippen molar-refractivity contribution in [2.24, 2.45) is 0 Å². The molecule has 0 saturated heterocycles. The third-order valence-electron chi connectivity index (χ3n) is 1.48. The molecule has 0 unspecified atom stereocenters. The van der Waals surface area contributed by atoms with Gasteiger partial charge in [0.2, 0.25) is 0 Å². The van der Waals surface area contributed by atoms with Gasteiger partial charge in [0.05, 0.1) is 0 Å². The van der Waals surface area contributed by atoms with Crippen LogP contribution < -0.4 is 5.48 Å². The van der Waals surface area contributed by atoms with Gasteiger partial charge in [0.25, 0.3) is 5.91 Å². The highest BCUT2D eigenvalue weighted by Crippen LogP contribution is 2.16. The highest BCUT2D eigenvalue weighted by atomic mass is 79.9. The Morgan fingerprint density at radius 1 is 1.57 bits per heavy atom. The molecule has 0 aromatic heterocycles. The Morgan fingerprint density at radius 3 is 2.93 bits per heavy atom. The molecule has 0 aliphatic rings. The number of carbonyl (C=O) groups is 1. The Balaban J connectivity index is 2.90. The molecule has 3 nitrogen and oxygen atoms in total. The average molecular weight is 260 g/mol. The van der Waals surface area contributed by atoms with Crippen LogP contribution in [0.4, 0.5) is 4.39 Å². The maximum Gasteiger partial charge on any atom is 0.267 e. The van der Waals surface area contributed by atoms with Crippen LogP contribution in [0.3, 0.4) is 0 Å². The lowest BCUT2D eigenvalue weighted by molar-refractivity contribution is -0.124. The van der Waals surface area contributed by atoms with Crippen molar-refractivity contribution >= 4 is 27.9 Å². The molecule has 5 heteroatoms. The van der Waals surface area contributed by atoms with E-state index < -0.39 is 11.7 Å². The molecule has 0 atom stereocenters. The first-order valence-corrected chi connectivity index (χ1v) is 4.50. The van der Waals surface area contributed by atoms with Crippen LogP contribution in [0, 0.1) is 5.82 Å². The normalized spacial score (nSPS) is 10.5. The number of halogens is 2. The summed E-state index contributed by atoms with van der Waals surface area (Å²) in [6.07, 6.45) is 2.30. The van der Waals surface area contributed by atoms with E-state index in [0.29, 0.717) is 4.47 Å². The standard InChI is InChI=1S/C9H7BrFNO2/c10-7-2-3-8(11)6(5-7)1-4-9(13)12-14/h1-5,14H,(H,12,13). The van der Waals surface area contributed by atoms with E-state index in [1.165, 1.54) is 23.7 Å². The van der Waals surface area contributed by atoms with Gasteiger partial charge in [-0.3, -0.25) is 10.0 Å². The molecule has 2 N–H and O–H groups in total. The van der Waals surface area contributed by atoms with Crippen LogP contribution in [0.25, 0.3) is 6.08 Å². The summed E-state index contributed by atoms with van der Waals surface area (Å²) in [5.41, 5.74) is 1.68. The molecule has 0 heterocycles. The fourth-order valence-corrected chi connectivity index (χ4v) is 1.22. The highest BCUT2D eigenvalue weighted by Gasteiger charge is 1.99. The minimum atomic E-state index is -0.704. The smallest absolute Gasteiger partial charge is 0.267 e. The lowest BCUT2D eigenvalue weighted by Gasteiger charge is -1.97. The molecule has 0 saturated carbocycles. The van der Waals surface area contributed by atoms with Crippen molar-refractivity contribution in [2.75, 3.05) is 0 Å². The van der Waals surface area contributed by atoms with E-state index in [-0.39, 0.29) is 5.56 Å². The van der Waals surface area contributed by atoms with Gasteiger partial charge in [-0.05, 0) is 24.3 Å². The van der Waals surface area contributed by atoms with Crippen LogP contribution in [0.2, 0.25) is 0 Å². The SMILES string of the molecule is O=C(C=Cc1cc(Br)ccc1F)NO. The molecule has 0 fully saturated rings. The number of benzene rings is 1. The summed E-state index contributed by atoms with van der Waals surface area (Å²) in [4.78, 5) is 10.6. The highest BCUT2D eigenvalue weighted by molar-refractivity contribution is 9.10. The number of nitrogens with one attached hydrogen (secondary N) is 1. The summed E-state index contributed by atoms with van der Waals surface area (Å²) in [6, 6.07) is 4.36. The second-order valence-electron chi connectivity index (χ2n) is 2.48. The molecule has 1 amide bonds. The lowest BCUT2D eigenvalue weighted by Crippen LogP contribution is -2.14. The van der Waals surface area contributed by atoms with Crippen molar-refractivity contribution in [2.45, 2.75) is 0 Å². The van der Waals surface area contributed by atoms with Crippen LogP contribution in [0.15, 0.2) is 28.7 Å². The second kappa shape index (κ2) is 4.88. The van der Waals surface area contributed by atoms with E-state index in [2.05, 4.69) is 15.9 Å². The Morgan fingerprint density at radius 2 is 2.29 bits per heavy atom. The van der Waals surface area contributed by atoms with Gasteiger partial charge < -0.3 is 0 Å². The van der Waals surface area contributed by atoms with Crippen LogP contribution in [-0.2, 0) is 4.79 Å². The number of rotatable bonds is 2. The molecule has 0 aliphatic carbocycles. The Hall–Kier alpha value is -1.20. The number of hydroxylamine groups is 1. The minimum Gasteiger partial charge on any atom is -0.288 e. The van der Waals surface area contributed by atoms with Gasteiger partial charge in [-0.25, -0.2) is 9.87 Å². The van der Waals surface area contributed by atoms with Crippen molar-refractivity contribution in [3.63, 3.8) is 0 Å². The third kappa shape index (κ3) is 2.93. The molecule has 0 spiro atoms. The van der Waals surface area contributed by atoms with Crippen molar-refractivity contribution in [1.82, 2.24) is 5.48 Å². The van der Waals surface area contributed by atoms with E-state index in [1.54, 1.807) is 6.07 Å². The maximum atomic E-state index is 13.1. The van der Waals surface area contributed by atoms with E-state index in [9.17, 15) is 9.18 Å². The monoisotopic (exact) mass is 259 g/mol. The third-order valence-corrected chi connectivity index (χ3v) is 1.98. The molecular weight excluding hydrogens is 253 g/mol. The van der Waals surface area contributed by atoms with Crippen LogP contribution >= 0.6 is 15.9 Å². The van der Waals surface area contributed by atoms with Gasteiger partial charge in [0, 0.05) is 16.1 Å². The van der Waals surface area contributed by atoms with E-state index in [1.807, 2.05) is 0 Å². The maximum absolute atomic E-state index is 13.1. The van der Waals surface area contributed by atoms with Crippen molar-refractivity contribution in [3.8, 4) is 0 Å². The summed E-state index contributed by atoms with van der Waals surface area (Å²) in [6.45, 7) is 0. The fraction of sp³-hybridized carbons (Fsp3) is 0. The van der Waals surface area contributed by atoms with Gasteiger partial charge in [-0.15, -0.1) is 0 Å². The number of carbonyl (C=O) groups excluding carboxylic acids is 1. The van der Waals surface area contributed by atoms with Crippen LogP contribution in [0.5, 0.6) is 0 Å².